The molecule has 22 heavy (non-hydrogen) atoms. The van der Waals surface area contributed by atoms with Gasteiger partial charge >= 0.3 is 0 Å². The Hall–Kier alpha value is -1.78. The molecule has 1 atom stereocenters. The highest BCUT2D eigenvalue weighted by Crippen LogP contribution is 2.23. The Balaban J connectivity index is 2.33. The van der Waals surface area contributed by atoms with Gasteiger partial charge in [0.1, 0.15) is 0 Å². The van der Waals surface area contributed by atoms with Gasteiger partial charge in [0.2, 0.25) is 0 Å². The minimum atomic E-state index is -0.195. The summed E-state index contributed by atoms with van der Waals surface area (Å²) in [5, 5.41) is 3.32. The second-order valence-electron chi connectivity index (χ2n) is 5.45. The molecule has 0 spiro atoms. The number of amides is 1. The van der Waals surface area contributed by atoms with E-state index < -0.39 is 0 Å². The number of carbonyl (C=O) groups is 1. The summed E-state index contributed by atoms with van der Waals surface area (Å²) < 4.78 is 7.12. The van der Waals surface area contributed by atoms with Gasteiger partial charge in [0.25, 0.3) is 5.91 Å². The van der Waals surface area contributed by atoms with Crippen LogP contribution in [0.2, 0.25) is 5.02 Å². The molecule has 4 nitrogen and oxygen atoms in total. The first-order chi connectivity index (χ1) is 10.4. The Bertz CT molecular complexity index is 660. The Kier molecular flexibility index (Phi) is 5.27. The summed E-state index contributed by atoms with van der Waals surface area (Å²) in [6.45, 7) is 6.41. The van der Waals surface area contributed by atoms with Gasteiger partial charge in [-0.3, -0.25) is 4.79 Å². The van der Waals surface area contributed by atoms with Crippen molar-refractivity contribution in [1.82, 2.24) is 9.88 Å². The smallest absolute Gasteiger partial charge is 0.253 e. The fourth-order valence-electron chi connectivity index (χ4n) is 2.50. The molecule has 1 amide bonds. The van der Waals surface area contributed by atoms with Crippen LogP contribution in [0, 0.1) is 13.8 Å². The maximum atomic E-state index is 12.4. The van der Waals surface area contributed by atoms with Crippen molar-refractivity contribution in [2.45, 2.75) is 26.8 Å². The van der Waals surface area contributed by atoms with E-state index in [4.69, 9.17) is 16.3 Å². The van der Waals surface area contributed by atoms with E-state index in [1.165, 1.54) is 0 Å². The zero-order chi connectivity index (χ0) is 16.3. The SMILES string of the molecule is COCC(C)NC(=O)c1cc(-n2c(C)ccc2C)ccc1Cl. The molecular weight excluding hydrogens is 300 g/mol. The number of nitrogens with one attached hydrogen (secondary N) is 1. The van der Waals surface area contributed by atoms with Gasteiger partial charge in [0.15, 0.2) is 0 Å². The lowest BCUT2D eigenvalue weighted by atomic mass is 10.1. The number of benzene rings is 1. The fraction of sp³-hybridized carbons (Fsp3) is 0.353. The lowest BCUT2D eigenvalue weighted by molar-refractivity contribution is 0.0905. The van der Waals surface area contributed by atoms with Crippen LogP contribution in [0.5, 0.6) is 0 Å². The normalized spacial score (nSPS) is 12.2. The average molecular weight is 321 g/mol. The topological polar surface area (TPSA) is 43.3 Å². The molecule has 1 aromatic carbocycles. The van der Waals surface area contributed by atoms with Gasteiger partial charge in [0.05, 0.1) is 17.2 Å². The van der Waals surface area contributed by atoms with Gasteiger partial charge in [-0.05, 0) is 51.1 Å². The van der Waals surface area contributed by atoms with Gasteiger partial charge in [-0.25, -0.2) is 0 Å². The van der Waals surface area contributed by atoms with Gasteiger partial charge in [-0.1, -0.05) is 11.6 Å². The zero-order valence-electron chi connectivity index (χ0n) is 13.3. The van der Waals surface area contributed by atoms with E-state index in [-0.39, 0.29) is 11.9 Å². The monoisotopic (exact) mass is 320 g/mol. The summed E-state index contributed by atoms with van der Waals surface area (Å²) in [6.07, 6.45) is 0. The number of ether oxygens (including phenoxy) is 1. The Morgan fingerprint density at radius 1 is 1.27 bits per heavy atom. The molecule has 5 heteroatoms. The molecule has 1 N–H and O–H groups in total. The molecule has 0 saturated carbocycles. The molecule has 0 bridgehead atoms. The van der Waals surface area contributed by atoms with Crippen LogP contribution in [0.4, 0.5) is 0 Å². The molecule has 1 aromatic heterocycles. The van der Waals surface area contributed by atoms with Gasteiger partial charge < -0.3 is 14.6 Å². The molecule has 0 aliphatic rings. The van der Waals surface area contributed by atoms with E-state index in [0.717, 1.165) is 17.1 Å². The number of hydrogen-bond acceptors (Lipinski definition) is 2. The number of methoxy groups -OCH3 is 1. The number of aromatic nitrogens is 1. The third-order valence-electron chi connectivity index (χ3n) is 3.52. The first kappa shape index (κ1) is 16.6. The molecule has 1 unspecified atom stereocenters. The predicted molar refractivity (Wildman–Crippen MR) is 89.1 cm³/mol. The zero-order valence-corrected chi connectivity index (χ0v) is 14.1. The van der Waals surface area contributed by atoms with Gasteiger partial charge in [0, 0.05) is 30.2 Å². The molecule has 118 valence electrons. The molecule has 0 saturated heterocycles. The maximum absolute atomic E-state index is 12.4. The summed E-state index contributed by atoms with van der Waals surface area (Å²) in [5.41, 5.74) is 3.61. The highest BCUT2D eigenvalue weighted by atomic mass is 35.5. The van der Waals surface area contributed by atoms with Crippen LogP contribution in [0.25, 0.3) is 5.69 Å². The minimum Gasteiger partial charge on any atom is -0.383 e. The van der Waals surface area contributed by atoms with Crippen LogP contribution >= 0.6 is 11.6 Å². The summed E-state index contributed by atoms with van der Waals surface area (Å²) in [5.74, 6) is -0.195. The van der Waals surface area contributed by atoms with Gasteiger partial charge in [-0.2, -0.15) is 0 Å². The fourth-order valence-corrected chi connectivity index (χ4v) is 2.70. The number of aryl methyl sites for hydroxylation is 2. The number of carbonyl (C=O) groups excluding carboxylic acids is 1. The van der Waals surface area contributed by atoms with Crippen molar-refractivity contribution in [3.05, 3.63) is 52.3 Å². The highest BCUT2D eigenvalue weighted by Gasteiger charge is 2.15. The summed E-state index contributed by atoms with van der Waals surface area (Å²) in [7, 11) is 1.61. The molecule has 0 aliphatic carbocycles. The van der Waals surface area contributed by atoms with Crippen molar-refractivity contribution >= 4 is 17.5 Å². The third-order valence-corrected chi connectivity index (χ3v) is 3.85. The first-order valence-electron chi connectivity index (χ1n) is 7.18. The summed E-state index contributed by atoms with van der Waals surface area (Å²) >= 11 is 6.19. The lowest BCUT2D eigenvalue weighted by Crippen LogP contribution is -2.35. The van der Waals surface area contributed by atoms with Crippen molar-refractivity contribution in [3.63, 3.8) is 0 Å². The predicted octanol–water partition coefficient (Wildman–Crippen LogP) is 3.51. The highest BCUT2D eigenvalue weighted by molar-refractivity contribution is 6.33. The van der Waals surface area contributed by atoms with Crippen LogP contribution in [0.15, 0.2) is 30.3 Å². The molecule has 0 radical (unpaired) electrons. The number of halogens is 1. The van der Waals surface area contributed by atoms with Gasteiger partial charge in [-0.15, -0.1) is 0 Å². The Morgan fingerprint density at radius 2 is 1.91 bits per heavy atom. The number of rotatable bonds is 5. The minimum absolute atomic E-state index is 0.0766. The van der Waals surface area contributed by atoms with Crippen molar-refractivity contribution in [2.24, 2.45) is 0 Å². The van der Waals surface area contributed by atoms with Crippen molar-refractivity contribution in [2.75, 3.05) is 13.7 Å². The van der Waals surface area contributed by atoms with E-state index >= 15 is 0 Å². The number of nitrogens with zero attached hydrogens (tertiary/aromatic N) is 1. The van der Waals surface area contributed by atoms with Crippen LogP contribution in [0.1, 0.15) is 28.7 Å². The largest absolute Gasteiger partial charge is 0.383 e. The average Bonchev–Trinajstić information content (AvgIpc) is 2.79. The van der Waals surface area contributed by atoms with E-state index in [2.05, 4.69) is 9.88 Å². The lowest BCUT2D eigenvalue weighted by Gasteiger charge is -2.15. The second-order valence-corrected chi connectivity index (χ2v) is 5.85. The first-order valence-corrected chi connectivity index (χ1v) is 7.56. The van der Waals surface area contributed by atoms with E-state index in [1.54, 1.807) is 13.2 Å². The molecule has 2 rings (SSSR count). The summed E-state index contributed by atoms with van der Waals surface area (Å²) in [6, 6.07) is 9.50. The second kappa shape index (κ2) is 6.99. The summed E-state index contributed by atoms with van der Waals surface area (Å²) in [4.78, 5) is 12.4. The van der Waals surface area contributed by atoms with E-state index in [1.807, 2.05) is 45.0 Å². The Labute approximate surface area is 136 Å². The standard InChI is InChI=1S/C17H21ClN2O2/c1-11(10-22-4)19-17(21)15-9-14(7-8-16(15)18)20-12(2)5-6-13(20)3/h5-9,11H,10H2,1-4H3,(H,19,21). The molecule has 0 fully saturated rings. The maximum Gasteiger partial charge on any atom is 0.253 e. The third kappa shape index (κ3) is 3.51. The Morgan fingerprint density at radius 3 is 2.50 bits per heavy atom. The molecule has 0 aliphatic heterocycles. The molecule has 1 heterocycles. The van der Waals surface area contributed by atoms with E-state index in [0.29, 0.717) is 17.2 Å². The van der Waals surface area contributed by atoms with Crippen LogP contribution in [0.3, 0.4) is 0 Å². The van der Waals surface area contributed by atoms with Crippen LogP contribution in [-0.4, -0.2) is 30.2 Å². The van der Waals surface area contributed by atoms with Crippen molar-refractivity contribution in [1.29, 1.82) is 0 Å². The number of hydrogen-bond donors (Lipinski definition) is 1. The van der Waals surface area contributed by atoms with Crippen molar-refractivity contribution < 1.29 is 9.53 Å². The van der Waals surface area contributed by atoms with E-state index in [9.17, 15) is 4.79 Å². The van der Waals surface area contributed by atoms with Crippen LogP contribution in [-0.2, 0) is 4.74 Å². The quantitative estimate of drug-likeness (QED) is 0.916. The van der Waals surface area contributed by atoms with Crippen LogP contribution < -0.4 is 5.32 Å². The molecular formula is C17H21ClN2O2. The molecule has 2 aromatic rings. The van der Waals surface area contributed by atoms with Crippen molar-refractivity contribution in [3.8, 4) is 5.69 Å².